The van der Waals surface area contributed by atoms with E-state index >= 15 is 0 Å². The normalized spacial score (nSPS) is 16.5. The molecular formula is C27H33N3O6. The molecule has 0 radical (unpaired) electrons. The van der Waals surface area contributed by atoms with E-state index in [0.29, 0.717) is 35.0 Å². The van der Waals surface area contributed by atoms with E-state index in [1.165, 1.54) is 24.2 Å². The van der Waals surface area contributed by atoms with E-state index in [9.17, 15) is 14.4 Å². The molecule has 0 unspecified atom stereocenters. The van der Waals surface area contributed by atoms with Crippen LogP contribution in [0.1, 0.15) is 36.5 Å². The first-order chi connectivity index (χ1) is 17.5. The number of Topliss-reactive ketones (excluding diaryl/α,β-unsaturated/α-hetero) is 1. The predicted molar refractivity (Wildman–Crippen MR) is 135 cm³/mol. The van der Waals surface area contributed by atoms with E-state index in [1.54, 1.807) is 56.5 Å². The number of anilines is 1. The van der Waals surface area contributed by atoms with Gasteiger partial charge in [0.2, 0.25) is 5.91 Å². The van der Waals surface area contributed by atoms with Crippen molar-refractivity contribution in [1.29, 1.82) is 0 Å². The molecular weight excluding hydrogens is 462 g/mol. The summed E-state index contributed by atoms with van der Waals surface area (Å²) in [6, 6.07) is 11.1. The smallest absolute Gasteiger partial charge is 0.265 e. The summed E-state index contributed by atoms with van der Waals surface area (Å²) in [5, 5.41) is 2.95. The Kier molecular flexibility index (Phi) is 8.43. The van der Waals surface area contributed by atoms with Gasteiger partial charge in [-0.2, -0.15) is 0 Å². The predicted octanol–water partition coefficient (Wildman–Crippen LogP) is 2.67. The van der Waals surface area contributed by atoms with Crippen molar-refractivity contribution >= 4 is 23.3 Å². The highest BCUT2D eigenvalue weighted by Gasteiger charge is 2.33. The summed E-state index contributed by atoms with van der Waals surface area (Å²) in [7, 11) is 1.56. The van der Waals surface area contributed by atoms with E-state index in [0.717, 1.165) is 19.6 Å². The molecule has 0 aromatic heterocycles. The van der Waals surface area contributed by atoms with Gasteiger partial charge < -0.3 is 24.4 Å². The number of hydrogen-bond donors (Lipinski definition) is 1. The molecule has 2 aromatic carbocycles. The lowest BCUT2D eigenvalue weighted by Crippen LogP contribution is -2.52. The van der Waals surface area contributed by atoms with Crippen molar-refractivity contribution in [2.24, 2.45) is 0 Å². The van der Waals surface area contributed by atoms with Crippen LogP contribution in [-0.4, -0.2) is 75.0 Å². The number of methoxy groups -OCH3 is 1. The second-order valence-corrected chi connectivity index (χ2v) is 9.00. The zero-order valence-electron chi connectivity index (χ0n) is 20.8. The van der Waals surface area contributed by atoms with Gasteiger partial charge in [0.25, 0.3) is 5.91 Å². The van der Waals surface area contributed by atoms with Crippen molar-refractivity contribution in [3.8, 4) is 17.2 Å². The Bertz CT molecular complexity index is 1100. The fourth-order valence-electron chi connectivity index (χ4n) is 4.48. The van der Waals surface area contributed by atoms with Gasteiger partial charge in [-0.25, -0.2) is 0 Å². The highest BCUT2D eigenvalue weighted by atomic mass is 16.5. The molecule has 9 heteroatoms. The first-order valence-electron chi connectivity index (χ1n) is 12.4. The molecule has 0 aliphatic carbocycles. The lowest BCUT2D eigenvalue weighted by molar-refractivity contribution is -0.127. The highest BCUT2D eigenvalue weighted by molar-refractivity contribution is 6.05. The Morgan fingerprint density at radius 2 is 1.86 bits per heavy atom. The average Bonchev–Trinajstić information content (AvgIpc) is 2.91. The molecule has 36 heavy (non-hydrogen) atoms. The number of hydrogen-bond acceptors (Lipinski definition) is 7. The lowest BCUT2D eigenvalue weighted by Gasteiger charge is -2.34. The van der Waals surface area contributed by atoms with Gasteiger partial charge in [-0.05, 0) is 63.2 Å². The van der Waals surface area contributed by atoms with Gasteiger partial charge in [0, 0.05) is 24.7 Å². The van der Waals surface area contributed by atoms with Crippen LogP contribution in [0.25, 0.3) is 0 Å². The molecule has 1 fully saturated rings. The molecule has 2 aliphatic heterocycles. The van der Waals surface area contributed by atoms with Crippen molar-refractivity contribution in [3.63, 3.8) is 0 Å². The number of carbonyl (C=O) groups excluding carboxylic acids is 3. The minimum absolute atomic E-state index is 0.162. The van der Waals surface area contributed by atoms with Gasteiger partial charge in [0.05, 0.1) is 12.8 Å². The van der Waals surface area contributed by atoms with Gasteiger partial charge in [-0.15, -0.1) is 0 Å². The lowest BCUT2D eigenvalue weighted by atomic mass is 10.1. The second kappa shape index (κ2) is 11.9. The van der Waals surface area contributed by atoms with Gasteiger partial charge in [0.1, 0.15) is 23.3 Å². The van der Waals surface area contributed by atoms with Crippen LogP contribution in [-0.2, 0) is 9.59 Å². The molecule has 2 aliphatic rings. The Morgan fingerprint density at radius 1 is 1.08 bits per heavy atom. The van der Waals surface area contributed by atoms with E-state index in [1.807, 2.05) is 0 Å². The number of piperidine rings is 1. The van der Waals surface area contributed by atoms with Crippen LogP contribution in [0.2, 0.25) is 0 Å². The van der Waals surface area contributed by atoms with Crippen LogP contribution in [0, 0.1) is 0 Å². The number of ether oxygens (including phenoxy) is 3. The molecule has 1 atom stereocenters. The molecule has 2 heterocycles. The van der Waals surface area contributed by atoms with Crippen molar-refractivity contribution in [3.05, 3.63) is 48.0 Å². The van der Waals surface area contributed by atoms with Crippen molar-refractivity contribution in [2.75, 3.05) is 51.4 Å². The molecule has 2 amide bonds. The topological polar surface area (TPSA) is 97.4 Å². The summed E-state index contributed by atoms with van der Waals surface area (Å²) in [5.74, 6) is 0.744. The number of amides is 2. The summed E-state index contributed by atoms with van der Waals surface area (Å²) in [6.45, 7) is 4.76. The van der Waals surface area contributed by atoms with Gasteiger partial charge in [-0.1, -0.05) is 12.5 Å². The number of carbonyl (C=O) groups is 3. The Morgan fingerprint density at radius 3 is 2.64 bits per heavy atom. The number of rotatable bonds is 10. The summed E-state index contributed by atoms with van der Waals surface area (Å²) in [4.78, 5) is 42.3. The SMILES string of the molecule is COc1cccc(OCC(=O)c2ccc3c(c2)N([C@@H](C)C(=O)NCCN2CCCCC2)C(=O)CO3)c1. The zero-order chi connectivity index (χ0) is 25.5. The van der Waals surface area contributed by atoms with Gasteiger partial charge >= 0.3 is 0 Å². The second-order valence-electron chi connectivity index (χ2n) is 9.00. The van der Waals surface area contributed by atoms with Crippen LogP contribution in [0.4, 0.5) is 5.69 Å². The molecule has 192 valence electrons. The quantitative estimate of drug-likeness (QED) is 0.506. The van der Waals surface area contributed by atoms with E-state index in [-0.39, 0.29) is 30.8 Å². The molecule has 4 rings (SSSR count). The van der Waals surface area contributed by atoms with E-state index in [4.69, 9.17) is 14.2 Å². The minimum Gasteiger partial charge on any atom is -0.497 e. The van der Waals surface area contributed by atoms with E-state index < -0.39 is 6.04 Å². The van der Waals surface area contributed by atoms with Gasteiger partial charge in [-0.3, -0.25) is 19.3 Å². The summed E-state index contributed by atoms with van der Waals surface area (Å²) in [5.41, 5.74) is 0.759. The van der Waals surface area contributed by atoms with Crippen LogP contribution in [0.15, 0.2) is 42.5 Å². The average molecular weight is 496 g/mol. The zero-order valence-corrected chi connectivity index (χ0v) is 20.8. The largest absolute Gasteiger partial charge is 0.497 e. The summed E-state index contributed by atoms with van der Waals surface area (Å²) < 4.78 is 16.4. The Hall–Kier alpha value is -3.59. The number of benzene rings is 2. The van der Waals surface area contributed by atoms with Crippen LogP contribution < -0.4 is 24.4 Å². The molecule has 1 N–H and O–H groups in total. The Labute approximate surface area is 211 Å². The maximum Gasteiger partial charge on any atom is 0.265 e. The van der Waals surface area contributed by atoms with E-state index in [2.05, 4.69) is 10.2 Å². The summed E-state index contributed by atoms with van der Waals surface area (Å²) in [6.07, 6.45) is 3.64. The third-order valence-corrected chi connectivity index (χ3v) is 6.51. The molecule has 0 bridgehead atoms. The minimum atomic E-state index is -0.750. The maximum absolute atomic E-state index is 12.9. The third kappa shape index (κ3) is 6.15. The fraction of sp³-hybridized carbons (Fsp3) is 0.444. The molecule has 2 aromatic rings. The standard InChI is InChI=1S/C27H33N3O6/c1-19(27(33)28-11-14-29-12-4-3-5-13-29)30-23-15-20(9-10-25(23)36-18-26(30)32)24(31)17-35-22-8-6-7-21(16-22)34-2/h6-10,15-16,19H,3-5,11-14,17-18H2,1-2H3,(H,28,33)/t19-/m0/s1. The van der Waals surface area contributed by atoms with Crippen LogP contribution >= 0.6 is 0 Å². The monoisotopic (exact) mass is 495 g/mol. The molecule has 9 nitrogen and oxygen atoms in total. The number of nitrogens with zero attached hydrogens (tertiary/aromatic N) is 2. The number of likely N-dealkylation sites (tertiary alicyclic amines) is 1. The number of nitrogens with one attached hydrogen (secondary N) is 1. The first kappa shape index (κ1) is 25.5. The maximum atomic E-state index is 12.9. The summed E-state index contributed by atoms with van der Waals surface area (Å²) >= 11 is 0. The number of fused-ring (bicyclic) bond motifs is 1. The first-order valence-corrected chi connectivity index (χ1v) is 12.4. The highest BCUT2D eigenvalue weighted by Crippen LogP contribution is 2.34. The van der Waals surface area contributed by atoms with Crippen molar-refractivity contribution < 1.29 is 28.6 Å². The molecule has 0 spiro atoms. The fourth-order valence-corrected chi connectivity index (χ4v) is 4.48. The van der Waals surface area contributed by atoms with Gasteiger partial charge in [0.15, 0.2) is 19.0 Å². The molecule has 0 saturated carbocycles. The van der Waals surface area contributed by atoms with Crippen LogP contribution in [0.5, 0.6) is 17.2 Å². The Balaban J connectivity index is 1.41. The van der Waals surface area contributed by atoms with Crippen LogP contribution in [0.3, 0.4) is 0 Å². The van der Waals surface area contributed by atoms with Crippen molar-refractivity contribution in [2.45, 2.75) is 32.2 Å². The molecule has 1 saturated heterocycles. The number of ketones is 1. The van der Waals surface area contributed by atoms with Crippen molar-refractivity contribution in [1.82, 2.24) is 10.2 Å². The third-order valence-electron chi connectivity index (χ3n) is 6.51.